The third-order valence-corrected chi connectivity index (χ3v) is 6.86. The van der Waals surface area contributed by atoms with Gasteiger partial charge < -0.3 is 19.9 Å². The predicted octanol–water partition coefficient (Wildman–Crippen LogP) is 2.77. The number of benzene rings is 2. The Morgan fingerprint density at radius 2 is 1.84 bits per heavy atom. The molecule has 1 aliphatic rings. The van der Waals surface area contributed by atoms with Crippen molar-refractivity contribution in [2.24, 2.45) is 13.0 Å². The predicted molar refractivity (Wildman–Crippen MR) is 139 cm³/mol. The Morgan fingerprint density at radius 3 is 2.58 bits per heavy atom. The molecule has 2 N–H and O–H groups in total. The number of aryl methyl sites for hydroxylation is 1. The highest BCUT2D eigenvalue weighted by atomic mass is 19.1. The lowest BCUT2D eigenvalue weighted by molar-refractivity contribution is -0.136. The average Bonchev–Trinajstić information content (AvgIpc) is 3.20. The number of ether oxygens (including phenoxy) is 1. The summed E-state index contributed by atoms with van der Waals surface area (Å²) in [5, 5.41) is 2.73. The van der Waals surface area contributed by atoms with Gasteiger partial charge in [0, 0.05) is 39.0 Å². The van der Waals surface area contributed by atoms with Crippen LogP contribution in [-0.4, -0.2) is 61.5 Å². The van der Waals surface area contributed by atoms with E-state index in [0.717, 1.165) is 5.52 Å². The van der Waals surface area contributed by atoms with E-state index in [0.29, 0.717) is 48.5 Å². The van der Waals surface area contributed by atoms with E-state index in [1.807, 2.05) is 20.9 Å². The molecule has 38 heavy (non-hydrogen) atoms. The first-order valence-corrected chi connectivity index (χ1v) is 12.6. The summed E-state index contributed by atoms with van der Waals surface area (Å²) in [4.78, 5) is 51.8. The van der Waals surface area contributed by atoms with Gasteiger partial charge >= 0.3 is 0 Å². The molecule has 198 valence electrons. The third kappa shape index (κ3) is 4.96. The summed E-state index contributed by atoms with van der Waals surface area (Å²) in [5.74, 6) is -1.48. The number of amides is 2. The van der Waals surface area contributed by atoms with Crippen LogP contribution >= 0.6 is 0 Å². The van der Waals surface area contributed by atoms with Gasteiger partial charge in [-0.1, -0.05) is 26.0 Å². The number of fused-ring (bicyclic) bond motifs is 2. The van der Waals surface area contributed by atoms with E-state index in [-0.39, 0.29) is 29.4 Å². The summed E-state index contributed by atoms with van der Waals surface area (Å²) in [6, 6.07) is 10.9. The first-order chi connectivity index (χ1) is 18.2. The number of piperidine rings is 1. The van der Waals surface area contributed by atoms with Crippen molar-refractivity contribution < 1.29 is 18.7 Å². The molecule has 0 aliphatic carbocycles. The first-order valence-electron chi connectivity index (χ1n) is 12.6. The zero-order valence-corrected chi connectivity index (χ0v) is 21.4. The van der Waals surface area contributed by atoms with Crippen LogP contribution in [0.5, 0.6) is 6.01 Å². The number of aromatic nitrogens is 4. The summed E-state index contributed by atoms with van der Waals surface area (Å²) < 4.78 is 21.4. The van der Waals surface area contributed by atoms with Gasteiger partial charge in [-0.2, -0.15) is 4.98 Å². The number of hydrogen-bond donors (Lipinski definition) is 2. The Morgan fingerprint density at radius 1 is 1.11 bits per heavy atom. The molecule has 1 saturated heterocycles. The van der Waals surface area contributed by atoms with E-state index in [9.17, 15) is 18.8 Å². The van der Waals surface area contributed by atoms with Crippen molar-refractivity contribution in [1.82, 2.24) is 29.7 Å². The average molecular weight is 521 g/mol. The lowest BCUT2D eigenvalue weighted by Crippen LogP contribution is -2.54. The Kier molecular flexibility index (Phi) is 6.83. The Bertz CT molecular complexity index is 1570. The van der Waals surface area contributed by atoms with Crippen LogP contribution in [0.15, 0.2) is 47.3 Å². The standard InChI is InChI=1S/C27H29FN6O4/c1-15(2)22(32-25(36)23-24(35)30-19-7-5-4-6-18(19)29-23)26(37)34-12-10-17(11-13-34)38-27-31-20-14-16(28)8-9-21(20)33(27)3/h4-9,14-15,17,22H,10-13H2,1-3H3,(H,30,35)(H,32,36)/t22-/m0/s1. The highest BCUT2D eigenvalue weighted by Gasteiger charge is 2.33. The van der Waals surface area contributed by atoms with Crippen LogP contribution in [0.3, 0.4) is 0 Å². The van der Waals surface area contributed by atoms with E-state index in [1.54, 1.807) is 39.8 Å². The number of carbonyl (C=O) groups excluding carboxylic acids is 2. The summed E-state index contributed by atoms with van der Waals surface area (Å²) in [6.07, 6.45) is 0.994. The summed E-state index contributed by atoms with van der Waals surface area (Å²) in [6.45, 7) is 4.56. The molecule has 1 fully saturated rings. The number of carbonyl (C=O) groups is 2. The fourth-order valence-electron chi connectivity index (χ4n) is 4.70. The summed E-state index contributed by atoms with van der Waals surface area (Å²) in [5.41, 5.74) is 1.41. The van der Waals surface area contributed by atoms with Gasteiger partial charge in [0.25, 0.3) is 17.5 Å². The second-order valence-corrected chi connectivity index (χ2v) is 9.86. The molecule has 1 aliphatic heterocycles. The van der Waals surface area contributed by atoms with Crippen molar-refractivity contribution in [3.63, 3.8) is 0 Å². The first kappa shape index (κ1) is 25.4. The zero-order chi connectivity index (χ0) is 27.0. The number of rotatable bonds is 6. The number of aromatic amines is 1. The number of para-hydroxylation sites is 2. The van der Waals surface area contributed by atoms with Crippen LogP contribution in [0.25, 0.3) is 22.1 Å². The van der Waals surface area contributed by atoms with Crippen LogP contribution in [0.2, 0.25) is 0 Å². The van der Waals surface area contributed by atoms with Gasteiger partial charge in [0.2, 0.25) is 5.91 Å². The van der Waals surface area contributed by atoms with Crippen molar-refractivity contribution in [3.05, 3.63) is 64.3 Å². The van der Waals surface area contributed by atoms with Gasteiger partial charge in [0.05, 0.1) is 22.1 Å². The second kappa shape index (κ2) is 10.2. The minimum Gasteiger partial charge on any atom is -0.461 e. The second-order valence-electron chi connectivity index (χ2n) is 9.86. The molecule has 2 amide bonds. The molecule has 0 unspecified atom stereocenters. The van der Waals surface area contributed by atoms with Gasteiger partial charge in [-0.25, -0.2) is 9.37 Å². The van der Waals surface area contributed by atoms with Crippen molar-refractivity contribution in [2.75, 3.05) is 13.1 Å². The minimum absolute atomic E-state index is 0.160. The highest BCUT2D eigenvalue weighted by Crippen LogP contribution is 2.24. The van der Waals surface area contributed by atoms with Crippen molar-refractivity contribution in [1.29, 1.82) is 0 Å². The van der Waals surface area contributed by atoms with E-state index < -0.39 is 17.5 Å². The number of halogens is 1. The smallest absolute Gasteiger partial charge is 0.297 e. The fourth-order valence-corrected chi connectivity index (χ4v) is 4.70. The maximum Gasteiger partial charge on any atom is 0.297 e. The van der Waals surface area contributed by atoms with Crippen LogP contribution in [0.4, 0.5) is 4.39 Å². The van der Waals surface area contributed by atoms with Crippen LogP contribution in [0.1, 0.15) is 37.2 Å². The molecule has 11 heteroatoms. The minimum atomic E-state index is -0.817. The molecule has 0 radical (unpaired) electrons. The van der Waals surface area contributed by atoms with Crippen molar-refractivity contribution in [3.8, 4) is 6.01 Å². The molecule has 3 heterocycles. The largest absolute Gasteiger partial charge is 0.461 e. The molecule has 2 aromatic carbocycles. The van der Waals surface area contributed by atoms with Gasteiger partial charge in [-0.05, 0) is 30.2 Å². The molecule has 0 saturated carbocycles. The van der Waals surface area contributed by atoms with E-state index in [2.05, 4.69) is 20.3 Å². The molecule has 2 aromatic heterocycles. The highest BCUT2D eigenvalue weighted by molar-refractivity contribution is 5.97. The summed E-state index contributed by atoms with van der Waals surface area (Å²) >= 11 is 0. The molecule has 0 bridgehead atoms. The summed E-state index contributed by atoms with van der Waals surface area (Å²) in [7, 11) is 1.81. The van der Waals surface area contributed by atoms with Gasteiger partial charge in [-0.15, -0.1) is 0 Å². The van der Waals surface area contributed by atoms with Crippen molar-refractivity contribution in [2.45, 2.75) is 38.8 Å². The number of H-pyrrole nitrogens is 1. The number of likely N-dealkylation sites (tertiary alicyclic amines) is 1. The molecule has 0 spiro atoms. The Balaban J connectivity index is 1.23. The van der Waals surface area contributed by atoms with Crippen molar-refractivity contribution >= 4 is 33.9 Å². The normalized spacial score (nSPS) is 15.2. The van der Waals surface area contributed by atoms with Gasteiger partial charge in [0.1, 0.15) is 18.0 Å². The maximum absolute atomic E-state index is 13.6. The van der Waals surface area contributed by atoms with Gasteiger partial charge in [-0.3, -0.25) is 19.0 Å². The fraction of sp³-hybridized carbons (Fsp3) is 0.370. The van der Waals surface area contributed by atoms with E-state index >= 15 is 0 Å². The lowest BCUT2D eigenvalue weighted by Gasteiger charge is -2.35. The number of nitrogens with zero attached hydrogens (tertiary/aromatic N) is 4. The Hall–Kier alpha value is -4.28. The molecule has 1 atom stereocenters. The number of imidazole rings is 1. The molecule has 10 nitrogen and oxygen atoms in total. The monoisotopic (exact) mass is 520 g/mol. The van der Waals surface area contributed by atoms with Crippen LogP contribution in [0, 0.1) is 11.7 Å². The number of nitrogens with one attached hydrogen (secondary N) is 2. The SMILES string of the molecule is CC(C)[C@H](NC(=O)c1nc2ccccc2[nH]c1=O)C(=O)N1CCC(Oc2nc3cc(F)ccc3n2C)CC1. The quantitative estimate of drug-likeness (QED) is 0.403. The zero-order valence-electron chi connectivity index (χ0n) is 21.4. The molecule has 5 rings (SSSR count). The molecular formula is C27H29FN6O4. The van der Waals surface area contributed by atoms with E-state index in [1.165, 1.54) is 12.1 Å². The molecular weight excluding hydrogens is 491 g/mol. The molecule has 4 aromatic rings. The van der Waals surface area contributed by atoms with Gasteiger partial charge in [0.15, 0.2) is 5.69 Å². The van der Waals surface area contributed by atoms with Crippen LogP contribution in [-0.2, 0) is 11.8 Å². The maximum atomic E-state index is 13.6. The lowest BCUT2D eigenvalue weighted by atomic mass is 10.00. The third-order valence-electron chi connectivity index (χ3n) is 6.86. The van der Waals surface area contributed by atoms with E-state index in [4.69, 9.17) is 4.74 Å². The Labute approximate surface area is 217 Å². The topological polar surface area (TPSA) is 122 Å². The van der Waals surface area contributed by atoms with Crippen LogP contribution < -0.4 is 15.6 Å². The number of hydrogen-bond acceptors (Lipinski definition) is 6.